The van der Waals surface area contributed by atoms with Crippen molar-refractivity contribution in [1.82, 2.24) is 0 Å². The van der Waals surface area contributed by atoms with Crippen LogP contribution in [0, 0.1) is 5.92 Å². The van der Waals surface area contributed by atoms with Crippen molar-refractivity contribution in [3.63, 3.8) is 0 Å². The van der Waals surface area contributed by atoms with Crippen molar-refractivity contribution in [2.24, 2.45) is 11.7 Å². The van der Waals surface area contributed by atoms with E-state index in [0.717, 1.165) is 17.7 Å². The first kappa shape index (κ1) is 17.0. The Balaban J connectivity index is 2.68. The van der Waals surface area contributed by atoms with Crippen LogP contribution >= 0.6 is 0 Å². The molecule has 0 fully saturated rings. The lowest BCUT2D eigenvalue weighted by atomic mass is 9.92. The highest BCUT2D eigenvalue weighted by Gasteiger charge is 2.15. The van der Waals surface area contributed by atoms with Gasteiger partial charge in [0.2, 0.25) is 5.91 Å². The van der Waals surface area contributed by atoms with E-state index in [9.17, 15) is 14.7 Å². The lowest BCUT2D eigenvalue weighted by Crippen LogP contribution is -2.26. The Labute approximate surface area is 125 Å². The molecule has 2 N–H and O–H groups in total. The van der Waals surface area contributed by atoms with Crippen LogP contribution in [0.15, 0.2) is 24.3 Å². The molecule has 0 unspecified atom stereocenters. The van der Waals surface area contributed by atoms with E-state index in [4.69, 9.17) is 10.5 Å². The zero-order chi connectivity index (χ0) is 15.8. The molecule has 0 bridgehead atoms. The molecular formula is C16H22NO4-. The molecule has 0 aliphatic carbocycles. The summed E-state index contributed by atoms with van der Waals surface area (Å²) < 4.78 is 5.59. The van der Waals surface area contributed by atoms with Gasteiger partial charge in [-0.05, 0) is 42.4 Å². The van der Waals surface area contributed by atoms with Crippen molar-refractivity contribution in [3.05, 3.63) is 29.8 Å². The topological polar surface area (TPSA) is 92.5 Å². The van der Waals surface area contributed by atoms with Gasteiger partial charge in [-0.25, -0.2) is 0 Å². The lowest BCUT2D eigenvalue weighted by molar-refractivity contribution is -0.306. The van der Waals surface area contributed by atoms with Gasteiger partial charge in [0.1, 0.15) is 5.75 Å². The predicted molar refractivity (Wildman–Crippen MR) is 77.6 cm³/mol. The first-order valence-corrected chi connectivity index (χ1v) is 7.09. The summed E-state index contributed by atoms with van der Waals surface area (Å²) in [5.41, 5.74) is 5.90. The minimum Gasteiger partial charge on any atom is -0.550 e. The highest BCUT2D eigenvalue weighted by atomic mass is 16.5. The zero-order valence-corrected chi connectivity index (χ0v) is 12.5. The van der Waals surface area contributed by atoms with Crippen molar-refractivity contribution >= 4 is 11.9 Å². The Hall–Kier alpha value is -2.04. The first-order valence-electron chi connectivity index (χ1n) is 7.09. The fourth-order valence-electron chi connectivity index (χ4n) is 2.00. The molecule has 0 saturated carbocycles. The fraction of sp³-hybridized carbons (Fsp3) is 0.500. The monoisotopic (exact) mass is 292 g/mol. The predicted octanol–water partition coefficient (Wildman–Crippen LogP) is 1.21. The molecule has 1 atom stereocenters. The number of carboxylic acids is 1. The molecule has 1 aromatic rings. The number of carbonyl (C=O) groups excluding carboxylic acids is 2. The van der Waals surface area contributed by atoms with Crippen molar-refractivity contribution in [3.8, 4) is 5.75 Å². The SMILES string of the molecule is CC(C)CCOc1ccc([C@@H](CC(N)=O)CC(=O)[O-])cc1. The van der Waals surface area contributed by atoms with Crippen LogP contribution in [0.1, 0.15) is 44.6 Å². The maximum atomic E-state index is 11.0. The smallest absolute Gasteiger partial charge is 0.218 e. The molecule has 0 radical (unpaired) electrons. The summed E-state index contributed by atoms with van der Waals surface area (Å²) in [6.07, 6.45) is 0.731. The molecule has 0 aromatic heterocycles. The van der Waals surface area contributed by atoms with E-state index in [1.807, 2.05) is 0 Å². The normalized spacial score (nSPS) is 12.1. The van der Waals surface area contributed by atoms with Gasteiger partial charge in [0.25, 0.3) is 0 Å². The summed E-state index contributed by atoms with van der Waals surface area (Å²) in [4.78, 5) is 21.8. The van der Waals surface area contributed by atoms with E-state index >= 15 is 0 Å². The Morgan fingerprint density at radius 2 is 1.81 bits per heavy atom. The average Bonchev–Trinajstić information content (AvgIpc) is 2.37. The molecule has 116 valence electrons. The summed E-state index contributed by atoms with van der Waals surface area (Å²) in [5, 5.41) is 10.7. The molecular weight excluding hydrogens is 270 g/mol. The molecule has 5 nitrogen and oxygen atoms in total. The van der Waals surface area contributed by atoms with Crippen molar-refractivity contribution in [1.29, 1.82) is 0 Å². The maximum absolute atomic E-state index is 11.0. The minimum absolute atomic E-state index is 0.0124. The summed E-state index contributed by atoms with van der Waals surface area (Å²) in [6.45, 7) is 4.89. The van der Waals surface area contributed by atoms with Crippen LogP contribution in [-0.2, 0) is 9.59 Å². The van der Waals surface area contributed by atoms with Gasteiger partial charge in [-0.2, -0.15) is 0 Å². The Bertz CT molecular complexity index is 452. The molecule has 0 saturated heterocycles. The van der Waals surface area contributed by atoms with Crippen LogP contribution in [0.5, 0.6) is 5.75 Å². The van der Waals surface area contributed by atoms with Crippen LogP contribution in [-0.4, -0.2) is 18.5 Å². The molecule has 1 aromatic carbocycles. The third kappa shape index (κ3) is 6.79. The highest BCUT2D eigenvalue weighted by molar-refractivity contribution is 5.76. The molecule has 0 aliphatic rings. The number of carboxylic acid groups (broad SMARTS) is 1. The van der Waals surface area contributed by atoms with Crippen LogP contribution < -0.4 is 15.6 Å². The van der Waals surface area contributed by atoms with Crippen molar-refractivity contribution in [2.45, 2.75) is 39.0 Å². The van der Waals surface area contributed by atoms with Gasteiger partial charge in [-0.15, -0.1) is 0 Å². The Kier molecular flexibility index (Phi) is 6.72. The first-order chi connectivity index (χ1) is 9.88. The molecule has 21 heavy (non-hydrogen) atoms. The number of rotatable bonds is 9. The lowest BCUT2D eigenvalue weighted by Gasteiger charge is -2.17. The minimum atomic E-state index is -1.20. The van der Waals surface area contributed by atoms with Crippen LogP contribution in [0.4, 0.5) is 0 Å². The summed E-state index contributed by atoms with van der Waals surface area (Å²) in [5.74, 6) is -0.882. The highest BCUT2D eigenvalue weighted by Crippen LogP contribution is 2.25. The molecule has 1 rings (SSSR count). The zero-order valence-electron chi connectivity index (χ0n) is 12.5. The number of hydrogen-bond donors (Lipinski definition) is 1. The summed E-state index contributed by atoms with van der Waals surface area (Å²) in [6, 6.07) is 7.08. The van der Waals surface area contributed by atoms with E-state index in [-0.39, 0.29) is 12.8 Å². The second-order valence-electron chi connectivity index (χ2n) is 5.54. The van der Waals surface area contributed by atoms with Gasteiger partial charge in [-0.3, -0.25) is 4.79 Å². The van der Waals surface area contributed by atoms with Crippen molar-refractivity contribution in [2.75, 3.05) is 6.61 Å². The number of amides is 1. The van der Waals surface area contributed by atoms with E-state index in [1.165, 1.54) is 0 Å². The Morgan fingerprint density at radius 3 is 2.29 bits per heavy atom. The quantitative estimate of drug-likeness (QED) is 0.740. The molecule has 0 aliphatic heterocycles. The standard InChI is InChI=1S/C16H23NO4/c1-11(2)7-8-21-14-5-3-12(4-6-14)13(9-15(17)18)10-16(19)20/h3-6,11,13H,7-10H2,1-2H3,(H2,17,18)(H,19,20)/p-1/t13-/m0/s1. The number of hydrogen-bond acceptors (Lipinski definition) is 4. The molecule has 0 spiro atoms. The van der Waals surface area contributed by atoms with E-state index < -0.39 is 17.8 Å². The van der Waals surface area contributed by atoms with E-state index in [1.54, 1.807) is 24.3 Å². The van der Waals surface area contributed by atoms with Gasteiger partial charge in [0, 0.05) is 12.4 Å². The summed E-state index contributed by atoms with van der Waals surface area (Å²) >= 11 is 0. The number of nitrogens with two attached hydrogens (primary N) is 1. The van der Waals surface area contributed by atoms with Crippen LogP contribution in [0.2, 0.25) is 0 Å². The number of aliphatic carboxylic acids is 1. The summed E-state index contributed by atoms with van der Waals surface area (Å²) in [7, 11) is 0. The molecule has 1 amide bonds. The number of primary amides is 1. The van der Waals surface area contributed by atoms with Crippen LogP contribution in [0.3, 0.4) is 0 Å². The second kappa shape index (κ2) is 8.29. The van der Waals surface area contributed by atoms with E-state index in [2.05, 4.69) is 13.8 Å². The average molecular weight is 292 g/mol. The molecule has 0 heterocycles. The van der Waals surface area contributed by atoms with Crippen LogP contribution in [0.25, 0.3) is 0 Å². The third-order valence-electron chi connectivity index (χ3n) is 3.18. The van der Waals surface area contributed by atoms with E-state index in [0.29, 0.717) is 12.5 Å². The second-order valence-corrected chi connectivity index (χ2v) is 5.54. The number of benzene rings is 1. The van der Waals surface area contributed by atoms with Gasteiger partial charge in [-0.1, -0.05) is 26.0 Å². The van der Waals surface area contributed by atoms with Gasteiger partial charge >= 0.3 is 0 Å². The van der Waals surface area contributed by atoms with Gasteiger partial charge < -0.3 is 20.4 Å². The number of carbonyl (C=O) groups is 2. The largest absolute Gasteiger partial charge is 0.550 e. The fourth-order valence-corrected chi connectivity index (χ4v) is 2.00. The van der Waals surface area contributed by atoms with Gasteiger partial charge in [0.15, 0.2) is 0 Å². The maximum Gasteiger partial charge on any atom is 0.218 e. The third-order valence-corrected chi connectivity index (χ3v) is 3.18. The molecule has 5 heteroatoms. The number of ether oxygens (including phenoxy) is 1. The van der Waals surface area contributed by atoms with Gasteiger partial charge in [0.05, 0.1) is 6.61 Å². The van der Waals surface area contributed by atoms with Crippen molar-refractivity contribution < 1.29 is 19.4 Å². The Morgan fingerprint density at radius 1 is 1.19 bits per heavy atom.